The minimum Gasteiger partial charge on any atom is -0.403 e. The number of benzene rings is 1. The zero-order valence-electron chi connectivity index (χ0n) is 17.4. The summed E-state index contributed by atoms with van der Waals surface area (Å²) >= 11 is 1.49. The van der Waals surface area contributed by atoms with E-state index in [0.717, 1.165) is 62.7 Å². The molecule has 0 saturated heterocycles. The molecule has 5 nitrogen and oxygen atoms in total. The highest BCUT2D eigenvalue weighted by atomic mass is 32.2. The summed E-state index contributed by atoms with van der Waals surface area (Å²) in [5.74, 6) is -1.26. The molecule has 1 aliphatic carbocycles. The summed E-state index contributed by atoms with van der Waals surface area (Å²) in [7, 11) is 1.59. The Hall–Kier alpha value is -1.81. The van der Waals surface area contributed by atoms with Gasteiger partial charge in [0.15, 0.2) is 11.6 Å². The predicted octanol–water partition coefficient (Wildman–Crippen LogP) is 4.85. The maximum absolute atomic E-state index is 13.6. The third-order valence-corrected chi connectivity index (χ3v) is 6.30. The second-order valence-electron chi connectivity index (χ2n) is 7.63. The molecule has 1 unspecified atom stereocenters. The Bertz CT molecular complexity index is 742. The molecule has 1 saturated carbocycles. The fraction of sp³-hybridized carbons (Fsp3) is 0.619. The number of rotatable bonds is 14. The number of amides is 1. The van der Waals surface area contributed by atoms with E-state index >= 15 is 0 Å². The summed E-state index contributed by atoms with van der Waals surface area (Å²) in [4.78, 5) is 22.4. The third-order valence-electron chi connectivity index (χ3n) is 5.28. The maximum atomic E-state index is 13.6. The summed E-state index contributed by atoms with van der Waals surface area (Å²) in [5, 5.41) is 2.63. The molecule has 1 aliphatic rings. The average molecular weight is 465 g/mol. The molecule has 0 heterocycles. The fourth-order valence-corrected chi connectivity index (χ4v) is 4.44. The standard InChI is InChI=1S/C21H28F4N2O3S/c1-26-19(29)15(7-5-12-28)6-3-2-4-13-31-27-20(10-11-20)16-8-9-17(22)18(14-16)30-21(23,24)25/h8-9,12,14-15,27H,2-7,10-11,13H2,1H3,(H,26,29). The molecule has 1 amide bonds. The van der Waals surface area contributed by atoms with E-state index in [9.17, 15) is 27.2 Å². The second kappa shape index (κ2) is 11.7. The van der Waals surface area contributed by atoms with E-state index in [1.165, 1.54) is 18.0 Å². The van der Waals surface area contributed by atoms with Crippen molar-refractivity contribution in [3.05, 3.63) is 29.6 Å². The molecule has 2 N–H and O–H groups in total. The highest BCUT2D eigenvalue weighted by molar-refractivity contribution is 7.97. The molecular weight excluding hydrogens is 436 g/mol. The normalized spacial score (nSPS) is 15.9. The fourth-order valence-electron chi connectivity index (χ4n) is 3.39. The number of unbranched alkanes of at least 4 members (excludes halogenated alkanes) is 2. The lowest BCUT2D eigenvalue weighted by Crippen LogP contribution is -2.27. The van der Waals surface area contributed by atoms with Crippen LogP contribution in [0.3, 0.4) is 0 Å². The topological polar surface area (TPSA) is 67.4 Å². The van der Waals surface area contributed by atoms with Gasteiger partial charge in [-0.15, -0.1) is 13.2 Å². The van der Waals surface area contributed by atoms with Gasteiger partial charge in [-0.1, -0.05) is 30.9 Å². The summed E-state index contributed by atoms with van der Waals surface area (Å²) in [6, 6.07) is 3.59. The molecule has 0 aromatic heterocycles. The zero-order chi connectivity index (χ0) is 22.9. The Labute approximate surface area is 183 Å². The maximum Gasteiger partial charge on any atom is 0.573 e. The van der Waals surface area contributed by atoms with Gasteiger partial charge in [0.2, 0.25) is 5.91 Å². The molecule has 31 heavy (non-hydrogen) atoms. The highest BCUT2D eigenvalue weighted by Crippen LogP contribution is 2.48. The van der Waals surface area contributed by atoms with Crippen LogP contribution in [0.15, 0.2) is 18.2 Å². The van der Waals surface area contributed by atoms with Gasteiger partial charge in [-0.2, -0.15) is 0 Å². The van der Waals surface area contributed by atoms with Crippen LogP contribution in [0.25, 0.3) is 0 Å². The molecule has 0 radical (unpaired) electrons. The molecule has 10 heteroatoms. The largest absolute Gasteiger partial charge is 0.573 e. The van der Waals surface area contributed by atoms with E-state index in [2.05, 4.69) is 14.8 Å². The van der Waals surface area contributed by atoms with Gasteiger partial charge in [-0.3, -0.25) is 9.52 Å². The van der Waals surface area contributed by atoms with E-state index in [-0.39, 0.29) is 11.8 Å². The summed E-state index contributed by atoms with van der Waals surface area (Å²) < 4.78 is 58.1. The quantitative estimate of drug-likeness (QED) is 0.178. The van der Waals surface area contributed by atoms with Crippen LogP contribution in [-0.4, -0.2) is 31.4 Å². The number of carbonyl (C=O) groups excluding carboxylic acids is 2. The lowest BCUT2D eigenvalue weighted by atomic mass is 9.95. The van der Waals surface area contributed by atoms with Gasteiger partial charge in [0.05, 0.1) is 5.54 Å². The van der Waals surface area contributed by atoms with Crippen molar-refractivity contribution in [1.29, 1.82) is 0 Å². The predicted molar refractivity (Wildman–Crippen MR) is 111 cm³/mol. The smallest absolute Gasteiger partial charge is 0.403 e. The van der Waals surface area contributed by atoms with Crippen molar-refractivity contribution in [3.63, 3.8) is 0 Å². The third kappa shape index (κ3) is 8.33. The minimum atomic E-state index is -4.94. The van der Waals surface area contributed by atoms with Gasteiger partial charge in [-0.25, -0.2) is 4.39 Å². The van der Waals surface area contributed by atoms with Crippen molar-refractivity contribution in [2.45, 2.75) is 63.3 Å². The van der Waals surface area contributed by atoms with Crippen LogP contribution >= 0.6 is 11.9 Å². The summed E-state index contributed by atoms with van der Waals surface area (Å²) in [6.07, 6.45) is 1.76. The van der Waals surface area contributed by atoms with Crippen LogP contribution < -0.4 is 14.8 Å². The van der Waals surface area contributed by atoms with Gasteiger partial charge in [0.25, 0.3) is 0 Å². The van der Waals surface area contributed by atoms with E-state index in [0.29, 0.717) is 18.4 Å². The van der Waals surface area contributed by atoms with Crippen LogP contribution in [0.4, 0.5) is 17.6 Å². The number of nitrogens with one attached hydrogen (secondary N) is 2. The minimum absolute atomic E-state index is 0.0401. The van der Waals surface area contributed by atoms with Gasteiger partial charge >= 0.3 is 6.36 Å². The van der Waals surface area contributed by atoms with Gasteiger partial charge < -0.3 is 14.8 Å². The van der Waals surface area contributed by atoms with Crippen LogP contribution in [0.5, 0.6) is 5.75 Å². The number of hydrogen-bond acceptors (Lipinski definition) is 5. The van der Waals surface area contributed by atoms with Gasteiger partial charge in [0.1, 0.15) is 6.29 Å². The van der Waals surface area contributed by atoms with E-state index in [4.69, 9.17) is 0 Å². The zero-order valence-corrected chi connectivity index (χ0v) is 18.2. The van der Waals surface area contributed by atoms with Crippen LogP contribution in [0.1, 0.15) is 56.9 Å². The molecule has 2 rings (SSSR count). The lowest BCUT2D eigenvalue weighted by Gasteiger charge is -2.19. The number of halogens is 4. The first-order valence-corrected chi connectivity index (χ1v) is 11.3. The first-order valence-electron chi connectivity index (χ1n) is 10.3. The number of hydrogen-bond donors (Lipinski definition) is 2. The Morgan fingerprint density at radius 2 is 2.00 bits per heavy atom. The van der Waals surface area contributed by atoms with Crippen LogP contribution in [-0.2, 0) is 15.1 Å². The van der Waals surface area contributed by atoms with Crippen molar-refractivity contribution >= 4 is 24.1 Å². The van der Waals surface area contributed by atoms with Gasteiger partial charge in [-0.05, 0) is 49.8 Å². The second-order valence-corrected chi connectivity index (χ2v) is 8.53. The van der Waals surface area contributed by atoms with Crippen molar-refractivity contribution in [3.8, 4) is 5.75 Å². The number of alkyl halides is 3. The van der Waals surface area contributed by atoms with Gasteiger partial charge in [0, 0.05) is 25.1 Å². The Balaban J connectivity index is 1.73. The molecule has 1 aromatic rings. The van der Waals surface area contributed by atoms with E-state index < -0.39 is 23.5 Å². The molecule has 1 fully saturated rings. The average Bonchev–Trinajstić information content (AvgIpc) is 3.50. The Morgan fingerprint density at radius 3 is 2.61 bits per heavy atom. The highest BCUT2D eigenvalue weighted by Gasteiger charge is 2.45. The SMILES string of the molecule is CNC(=O)C(CCC=O)CCCCCSNC1(c2ccc(F)c(OC(F)(F)F)c2)CC1. The molecule has 0 aliphatic heterocycles. The van der Waals surface area contributed by atoms with Crippen molar-refractivity contribution in [1.82, 2.24) is 10.0 Å². The molecule has 1 aromatic carbocycles. The van der Waals surface area contributed by atoms with Crippen molar-refractivity contribution < 1.29 is 31.9 Å². The summed E-state index contributed by atoms with van der Waals surface area (Å²) in [6.45, 7) is 0. The monoisotopic (exact) mass is 464 g/mol. The first-order chi connectivity index (χ1) is 14.7. The molecule has 1 atom stereocenters. The van der Waals surface area contributed by atoms with Crippen LogP contribution in [0, 0.1) is 11.7 Å². The molecule has 0 spiro atoms. The number of aldehydes is 1. The Kier molecular flexibility index (Phi) is 9.61. The van der Waals surface area contributed by atoms with E-state index in [1.807, 2.05) is 0 Å². The van der Waals surface area contributed by atoms with Crippen molar-refractivity contribution in [2.75, 3.05) is 12.8 Å². The van der Waals surface area contributed by atoms with E-state index in [1.54, 1.807) is 7.05 Å². The Morgan fingerprint density at radius 1 is 1.26 bits per heavy atom. The first kappa shape index (κ1) is 25.5. The molecule has 0 bridgehead atoms. The molecule has 174 valence electrons. The number of carbonyl (C=O) groups is 2. The lowest BCUT2D eigenvalue weighted by molar-refractivity contribution is -0.275. The van der Waals surface area contributed by atoms with Crippen LogP contribution in [0.2, 0.25) is 0 Å². The van der Waals surface area contributed by atoms with Crippen molar-refractivity contribution in [2.24, 2.45) is 5.92 Å². The molecular formula is C21H28F4N2O3S. The summed E-state index contributed by atoms with van der Waals surface area (Å²) in [5.41, 5.74) is 0.116. The number of ether oxygens (including phenoxy) is 1.